The molecule has 0 bridgehead atoms. The summed E-state index contributed by atoms with van der Waals surface area (Å²) in [5, 5.41) is 3.34. The van der Waals surface area contributed by atoms with Gasteiger partial charge < -0.3 is 20.9 Å². The number of carbonyl (C=O) groups excluding carboxylic acids is 2. The van der Waals surface area contributed by atoms with E-state index in [9.17, 15) is 9.59 Å². The fourth-order valence-electron chi connectivity index (χ4n) is 3.15. The first kappa shape index (κ1) is 14.8. The van der Waals surface area contributed by atoms with Crippen molar-refractivity contribution in [3.05, 3.63) is 23.8 Å². The van der Waals surface area contributed by atoms with Gasteiger partial charge in [0.2, 0.25) is 11.8 Å². The Bertz CT molecular complexity index is 582. The quantitative estimate of drug-likeness (QED) is 0.817. The average Bonchev–Trinajstić information content (AvgIpc) is 2.83. The van der Waals surface area contributed by atoms with Gasteiger partial charge in [-0.2, -0.15) is 0 Å². The number of hydrogen-bond acceptors (Lipinski definition) is 4. The maximum atomic E-state index is 12.2. The number of rotatable bonds is 5. The van der Waals surface area contributed by atoms with Crippen LogP contribution in [0.2, 0.25) is 0 Å². The number of piperazine rings is 1. The van der Waals surface area contributed by atoms with Crippen LogP contribution < -0.4 is 20.9 Å². The Morgan fingerprint density at radius 1 is 1.27 bits per heavy atom. The van der Waals surface area contributed by atoms with E-state index in [0.717, 1.165) is 37.4 Å². The van der Waals surface area contributed by atoms with Crippen molar-refractivity contribution in [2.45, 2.75) is 19.3 Å². The van der Waals surface area contributed by atoms with Gasteiger partial charge in [0.15, 0.2) is 0 Å². The van der Waals surface area contributed by atoms with Gasteiger partial charge in [-0.3, -0.25) is 9.59 Å². The standard InChI is InChI=1S/C16H22N4O2/c17-15(21)2-1-7-20-14-4-3-13(10-12(14)11-16(20)22)19-8-5-18-6-9-19/h3-4,10,18H,1-2,5-9,11H2,(H2,17,21). The van der Waals surface area contributed by atoms with Crippen LogP contribution in [0.4, 0.5) is 11.4 Å². The number of nitrogens with two attached hydrogens (primary N) is 1. The molecule has 0 unspecified atom stereocenters. The maximum absolute atomic E-state index is 12.2. The summed E-state index contributed by atoms with van der Waals surface area (Å²) in [6, 6.07) is 6.25. The molecule has 1 aromatic carbocycles. The highest BCUT2D eigenvalue weighted by atomic mass is 16.2. The van der Waals surface area contributed by atoms with Gasteiger partial charge >= 0.3 is 0 Å². The summed E-state index contributed by atoms with van der Waals surface area (Å²) < 4.78 is 0. The van der Waals surface area contributed by atoms with Crippen LogP contribution in [0.3, 0.4) is 0 Å². The van der Waals surface area contributed by atoms with E-state index in [4.69, 9.17) is 5.73 Å². The smallest absolute Gasteiger partial charge is 0.231 e. The number of nitrogens with zero attached hydrogens (tertiary/aromatic N) is 2. The van der Waals surface area contributed by atoms with E-state index < -0.39 is 0 Å². The van der Waals surface area contributed by atoms with Gasteiger partial charge in [-0.1, -0.05) is 0 Å². The monoisotopic (exact) mass is 302 g/mol. The minimum Gasteiger partial charge on any atom is -0.370 e. The molecule has 0 spiro atoms. The summed E-state index contributed by atoms with van der Waals surface area (Å²) in [4.78, 5) is 27.1. The molecule has 2 amide bonds. The predicted octanol–water partition coefficient (Wildman–Crippen LogP) is 0.251. The van der Waals surface area contributed by atoms with E-state index in [0.29, 0.717) is 25.8 Å². The summed E-state index contributed by atoms with van der Waals surface area (Å²) in [6.07, 6.45) is 1.38. The molecule has 0 atom stereocenters. The van der Waals surface area contributed by atoms with Crippen LogP contribution in [0.1, 0.15) is 18.4 Å². The molecule has 118 valence electrons. The van der Waals surface area contributed by atoms with E-state index in [1.807, 2.05) is 6.07 Å². The Morgan fingerprint density at radius 2 is 2.05 bits per heavy atom. The topological polar surface area (TPSA) is 78.7 Å². The van der Waals surface area contributed by atoms with Crippen LogP contribution in [0.25, 0.3) is 0 Å². The normalized spacial score (nSPS) is 17.7. The number of carbonyl (C=O) groups is 2. The van der Waals surface area contributed by atoms with Crippen molar-refractivity contribution in [2.24, 2.45) is 5.73 Å². The Morgan fingerprint density at radius 3 is 2.77 bits per heavy atom. The number of primary amides is 1. The minimum atomic E-state index is -0.319. The molecule has 1 fully saturated rings. The molecule has 22 heavy (non-hydrogen) atoms. The van der Waals surface area contributed by atoms with Crippen molar-refractivity contribution >= 4 is 23.2 Å². The molecule has 3 rings (SSSR count). The number of anilines is 2. The maximum Gasteiger partial charge on any atom is 0.231 e. The van der Waals surface area contributed by atoms with Crippen molar-refractivity contribution in [1.82, 2.24) is 5.32 Å². The van der Waals surface area contributed by atoms with E-state index >= 15 is 0 Å². The molecule has 0 aliphatic carbocycles. The molecule has 0 saturated carbocycles. The van der Waals surface area contributed by atoms with Crippen LogP contribution in [-0.4, -0.2) is 44.5 Å². The molecule has 0 radical (unpaired) electrons. The third-order valence-corrected chi connectivity index (χ3v) is 4.28. The fourth-order valence-corrected chi connectivity index (χ4v) is 3.15. The first-order chi connectivity index (χ1) is 10.6. The Kier molecular flexibility index (Phi) is 4.29. The van der Waals surface area contributed by atoms with Crippen molar-refractivity contribution in [3.63, 3.8) is 0 Å². The summed E-state index contributed by atoms with van der Waals surface area (Å²) in [5.74, 6) is -0.210. The summed E-state index contributed by atoms with van der Waals surface area (Å²) >= 11 is 0. The van der Waals surface area contributed by atoms with Crippen LogP contribution in [0.15, 0.2) is 18.2 Å². The fraction of sp³-hybridized carbons (Fsp3) is 0.500. The summed E-state index contributed by atoms with van der Waals surface area (Å²) in [6.45, 7) is 4.54. The number of hydrogen-bond donors (Lipinski definition) is 2. The van der Waals surface area contributed by atoms with Gasteiger partial charge in [0.25, 0.3) is 0 Å². The van der Waals surface area contributed by atoms with Gasteiger partial charge in [0, 0.05) is 50.5 Å². The Labute approximate surface area is 130 Å². The van der Waals surface area contributed by atoms with Gasteiger partial charge in [-0.15, -0.1) is 0 Å². The molecule has 1 aromatic rings. The van der Waals surface area contributed by atoms with Gasteiger partial charge in [0.05, 0.1) is 6.42 Å². The highest BCUT2D eigenvalue weighted by molar-refractivity contribution is 6.01. The zero-order valence-electron chi connectivity index (χ0n) is 12.7. The second kappa shape index (κ2) is 6.36. The van der Waals surface area contributed by atoms with Gasteiger partial charge in [0.1, 0.15) is 0 Å². The third-order valence-electron chi connectivity index (χ3n) is 4.28. The molecule has 0 aromatic heterocycles. The minimum absolute atomic E-state index is 0.108. The van der Waals surface area contributed by atoms with E-state index in [-0.39, 0.29) is 11.8 Å². The largest absolute Gasteiger partial charge is 0.370 e. The van der Waals surface area contributed by atoms with Crippen LogP contribution in [-0.2, 0) is 16.0 Å². The number of fused-ring (bicyclic) bond motifs is 1. The molecule has 2 heterocycles. The molecule has 6 heteroatoms. The zero-order chi connectivity index (χ0) is 15.5. The van der Waals surface area contributed by atoms with Crippen molar-refractivity contribution < 1.29 is 9.59 Å². The predicted molar refractivity (Wildman–Crippen MR) is 86.0 cm³/mol. The van der Waals surface area contributed by atoms with Gasteiger partial charge in [-0.05, 0) is 30.2 Å². The molecular weight excluding hydrogens is 280 g/mol. The third kappa shape index (κ3) is 3.06. The first-order valence-electron chi connectivity index (χ1n) is 7.82. The number of nitrogens with one attached hydrogen (secondary N) is 1. The molecule has 2 aliphatic heterocycles. The molecule has 3 N–H and O–H groups in total. The first-order valence-corrected chi connectivity index (χ1v) is 7.82. The highest BCUT2D eigenvalue weighted by Crippen LogP contribution is 2.32. The Hall–Kier alpha value is -2.08. The Balaban J connectivity index is 1.72. The second-order valence-corrected chi connectivity index (χ2v) is 5.84. The molecular formula is C16H22N4O2. The SMILES string of the molecule is NC(=O)CCCN1C(=O)Cc2cc(N3CCNCC3)ccc21. The lowest BCUT2D eigenvalue weighted by Gasteiger charge is -2.30. The van der Waals surface area contributed by atoms with E-state index in [1.54, 1.807) is 4.90 Å². The lowest BCUT2D eigenvalue weighted by atomic mass is 10.1. The zero-order valence-corrected chi connectivity index (χ0v) is 12.7. The molecule has 1 saturated heterocycles. The van der Waals surface area contributed by atoms with E-state index in [1.165, 1.54) is 5.69 Å². The molecule has 6 nitrogen and oxygen atoms in total. The average molecular weight is 302 g/mol. The number of amides is 2. The van der Waals surface area contributed by atoms with E-state index in [2.05, 4.69) is 22.3 Å². The summed E-state index contributed by atoms with van der Waals surface area (Å²) in [5.41, 5.74) is 8.41. The van der Waals surface area contributed by atoms with Crippen molar-refractivity contribution in [3.8, 4) is 0 Å². The van der Waals surface area contributed by atoms with Crippen LogP contribution >= 0.6 is 0 Å². The number of benzene rings is 1. The van der Waals surface area contributed by atoms with Gasteiger partial charge in [-0.25, -0.2) is 0 Å². The highest BCUT2D eigenvalue weighted by Gasteiger charge is 2.27. The lowest BCUT2D eigenvalue weighted by molar-refractivity contribution is -0.119. The van der Waals surface area contributed by atoms with Crippen LogP contribution in [0.5, 0.6) is 0 Å². The van der Waals surface area contributed by atoms with Crippen molar-refractivity contribution in [1.29, 1.82) is 0 Å². The van der Waals surface area contributed by atoms with Crippen molar-refractivity contribution in [2.75, 3.05) is 42.5 Å². The summed E-state index contributed by atoms with van der Waals surface area (Å²) in [7, 11) is 0. The lowest BCUT2D eigenvalue weighted by Crippen LogP contribution is -2.43. The molecule has 2 aliphatic rings. The second-order valence-electron chi connectivity index (χ2n) is 5.84. The van der Waals surface area contributed by atoms with Crippen LogP contribution in [0, 0.1) is 0 Å².